The Labute approximate surface area is 173 Å². The zero-order valence-electron chi connectivity index (χ0n) is 14.9. The van der Waals surface area contributed by atoms with Gasteiger partial charge in [-0.25, -0.2) is 0 Å². The van der Waals surface area contributed by atoms with Crippen LogP contribution in [0.5, 0.6) is 0 Å². The third-order valence-corrected chi connectivity index (χ3v) is 6.36. The third-order valence-electron chi connectivity index (χ3n) is 6.12. The number of hydrogen-bond donors (Lipinski definition) is 1. The molecule has 0 radical (unpaired) electrons. The van der Waals surface area contributed by atoms with Crippen LogP contribution in [0.1, 0.15) is 42.4 Å². The summed E-state index contributed by atoms with van der Waals surface area (Å²) < 4.78 is 0. The molecule has 0 bridgehead atoms. The second-order valence-electron chi connectivity index (χ2n) is 7.40. The van der Waals surface area contributed by atoms with Crippen molar-refractivity contribution in [2.24, 2.45) is 5.73 Å². The van der Waals surface area contributed by atoms with Crippen LogP contribution in [0.2, 0.25) is 5.02 Å². The number of benzene rings is 2. The van der Waals surface area contributed by atoms with Crippen molar-refractivity contribution in [3.63, 3.8) is 0 Å². The molecule has 1 saturated carbocycles. The van der Waals surface area contributed by atoms with Crippen LogP contribution in [0.3, 0.4) is 0 Å². The molecular formula is C21H27Cl3N2. The Kier molecular flexibility index (Phi) is 7.41. The Bertz CT molecular complexity index is 702. The molecule has 0 atom stereocenters. The minimum Gasteiger partial charge on any atom is -0.330 e. The number of nitrogens with two attached hydrogens (primary N) is 1. The lowest BCUT2D eigenvalue weighted by Gasteiger charge is -2.42. The van der Waals surface area contributed by atoms with E-state index in [4.69, 9.17) is 17.3 Å². The molecule has 5 heteroatoms. The van der Waals surface area contributed by atoms with Crippen molar-refractivity contribution >= 4 is 36.4 Å². The molecule has 1 aliphatic carbocycles. The lowest BCUT2D eigenvalue weighted by molar-refractivity contribution is 0.124. The molecule has 2 nitrogen and oxygen atoms in total. The van der Waals surface area contributed by atoms with Gasteiger partial charge in [0.15, 0.2) is 0 Å². The summed E-state index contributed by atoms with van der Waals surface area (Å²) in [6, 6.07) is 17.8. The lowest BCUT2D eigenvalue weighted by Crippen LogP contribution is -2.44. The monoisotopic (exact) mass is 412 g/mol. The van der Waals surface area contributed by atoms with Crippen LogP contribution in [0.25, 0.3) is 0 Å². The highest BCUT2D eigenvalue weighted by Crippen LogP contribution is 2.42. The summed E-state index contributed by atoms with van der Waals surface area (Å²) in [6.07, 6.45) is 4.75. The van der Waals surface area contributed by atoms with Crippen LogP contribution in [0, 0.1) is 0 Å². The number of hydrogen-bond acceptors (Lipinski definition) is 2. The second-order valence-corrected chi connectivity index (χ2v) is 7.84. The summed E-state index contributed by atoms with van der Waals surface area (Å²) in [6.45, 7) is 2.92. The van der Waals surface area contributed by atoms with E-state index in [1.54, 1.807) is 0 Å². The predicted molar refractivity (Wildman–Crippen MR) is 115 cm³/mol. The molecule has 2 aromatic carbocycles. The van der Waals surface area contributed by atoms with Gasteiger partial charge in [-0.1, -0.05) is 48.0 Å². The van der Waals surface area contributed by atoms with E-state index in [-0.39, 0.29) is 30.2 Å². The van der Waals surface area contributed by atoms with E-state index >= 15 is 0 Å². The van der Waals surface area contributed by atoms with Crippen LogP contribution >= 0.6 is 36.4 Å². The standard InChI is InChI=1S/C21H25ClN2.2ClH/c22-19-7-3-6-18(12-19)21(15-23)10-8-20(9-11-21)24-13-16-4-1-2-5-17(16)14-24;;/h1-7,12,20H,8-11,13-15,23H2;2*1H. The van der Waals surface area contributed by atoms with Crippen molar-refractivity contribution < 1.29 is 0 Å². The van der Waals surface area contributed by atoms with Crippen molar-refractivity contribution in [1.82, 2.24) is 4.90 Å². The van der Waals surface area contributed by atoms with Crippen molar-refractivity contribution in [1.29, 1.82) is 0 Å². The summed E-state index contributed by atoms with van der Waals surface area (Å²) in [5.41, 5.74) is 10.7. The SMILES string of the molecule is Cl.Cl.NCC1(c2cccc(Cl)c2)CCC(N2Cc3ccccc3C2)CC1. The van der Waals surface area contributed by atoms with Gasteiger partial charge in [-0.3, -0.25) is 4.90 Å². The second kappa shape index (κ2) is 8.95. The van der Waals surface area contributed by atoms with Gasteiger partial charge in [-0.2, -0.15) is 0 Å². The molecule has 0 aromatic heterocycles. The van der Waals surface area contributed by atoms with E-state index in [1.807, 2.05) is 6.07 Å². The Morgan fingerprint density at radius 3 is 2.12 bits per heavy atom. The van der Waals surface area contributed by atoms with Crippen molar-refractivity contribution in [2.45, 2.75) is 50.2 Å². The molecule has 1 fully saturated rings. The largest absolute Gasteiger partial charge is 0.330 e. The Morgan fingerprint density at radius 2 is 1.58 bits per heavy atom. The van der Waals surface area contributed by atoms with Crippen LogP contribution in [0.15, 0.2) is 48.5 Å². The topological polar surface area (TPSA) is 29.3 Å². The molecule has 0 unspecified atom stereocenters. The maximum atomic E-state index is 6.23. The van der Waals surface area contributed by atoms with E-state index in [9.17, 15) is 0 Å². The molecule has 0 saturated heterocycles. The van der Waals surface area contributed by atoms with E-state index < -0.39 is 0 Å². The fourth-order valence-electron chi connectivity index (χ4n) is 4.57. The lowest BCUT2D eigenvalue weighted by atomic mass is 9.68. The van der Waals surface area contributed by atoms with Crippen LogP contribution in [-0.2, 0) is 18.5 Å². The Morgan fingerprint density at radius 1 is 0.962 bits per heavy atom. The fraction of sp³-hybridized carbons (Fsp3) is 0.429. The van der Waals surface area contributed by atoms with Crippen LogP contribution in [0.4, 0.5) is 0 Å². The highest BCUT2D eigenvalue weighted by atomic mass is 35.5. The minimum atomic E-state index is 0. The first-order chi connectivity index (χ1) is 11.7. The van der Waals surface area contributed by atoms with Gasteiger partial charge in [0.1, 0.15) is 0 Å². The molecule has 4 rings (SSSR count). The van der Waals surface area contributed by atoms with E-state index in [1.165, 1.54) is 29.5 Å². The summed E-state index contributed by atoms with van der Waals surface area (Å²) >= 11 is 6.22. The predicted octanol–water partition coefficient (Wildman–Crippen LogP) is 5.34. The highest BCUT2D eigenvalue weighted by Gasteiger charge is 2.38. The number of fused-ring (bicyclic) bond motifs is 1. The van der Waals surface area contributed by atoms with E-state index in [2.05, 4.69) is 47.4 Å². The summed E-state index contributed by atoms with van der Waals surface area (Å²) in [7, 11) is 0. The van der Waals surface area contributed by atoms with Crippen LogP contribution in [-0.4, -0.2) is 17.5 Å². The molecule has 26 heavy (non-hydrogen) atoms. The first-order valence-corrected chi connectivity index (χ1v) is 9.35. The fourth-order valence-corrected chi connectivity index (χ4v) is 4.76. The van der Waals surface area contributed by atoms with Gasteiger partial charge in [0.2, 0.25) is 0 Å². The number of halogens is 3. The molecular weight excluding hydrogens is 387 g/mol. The summed E-state index contributed by atoms with van der Waals surface area (Å²) in [5, 5.41) is 0.817. The average molecular weight is 414 g/mol. The molecule has 0 amide bonds. The van der Waals surface area contributed by atoms with Gasteiger partial charge in [0.25, 0.3) is 0 Å². The smallest absolute Gasteiger partial charge is 0.0408 e. The summed E-state index contributed by atoms with van der Waals surface area (Å²) in [4.78, 5) is 2.66. The maximum Gasteiger partial charge on any atom is 0.0408 e. The van der Waals surface area contributed by atoms with Crippen LogP contribution < -0.4 is 5.73 Å². The minimum absolute atomic E-state index is 0. The molecule has 0 spiro atoms. The van der Waals surface area contributed by atoms with Crippen molar-refractivity contribution in [3.05, 3.63) is 70.2 Å². The number of rotatable bonds is 3. The van der Waals surface area contributed by atoms with Gasteiger partial charge >= 0.3 is 0 Å². The Hall–Kier alpha value is -0.770. The van der Waals surface area contributed by atoms with Crippen molar-refractivity contribution in [2.75, 3.05) is 6.54 Å². The average Bonchev–Trinajstić information content (AvgIpc) is 3.06. The molecule has 1 heterocycles. The molecule has 1 aliphatic heterocycles. The van der Waals surface area contributed by atoms with Gasteiger partial charge in [0, 0.05) is 36.1 Å². The van der Waals surface area contributed by atoms with Gasteiger partial charge in [-0.05, 0) is 54.5 Å². The maximum absolute atomic E-state index is 6.23. The third kappa shape index (κ3) is 4.05. The number of nitrogens with zero attached hydrogens (tertiary/aromatic N) is 1. The first-order valence-electron chi connectivity index (χ1n) is 8.97. The van der Waals surface area contributed by atoms with E-state index in [0.717, 1.165) is 31.0 Å². The highest BCUT2D eigenvalue weighted by molar-refractivity contribution is 6.30. The van der Waals surface area contributed by atoms with Gasteiger partial charge < -0.3 is 5.73 Å². The zero-order chi connectivity index (χ0) is 16.6. The quantitative estimate of drug-likeness (QED) is 0.736. The van der Waals surface area contributed by atoms with Gasteiger partial charge in [0.05, 0.1) is 0 Å². The van der Waals surface area contributed by atoms with Crippen molar-refractivity contribution in [3.8, 4) is 0 Å². The Balaban J connectivity index is 0.00000121. The molecule has 2 aromatic rings. The molecule has 142 valence electrons. The zero-order valence-corrected chi connectivity index (χ0v) is 17.3. The molecule has 2 aliphatic rings. The normalized spacial score (nSPS) is 25.1. The molecule has 2 N–H and O–H groups in total. The van der Waals surface area contributed by atoms with E-state index in [0.29, 0.717) is 12.6 Å². The summed E-state index contributed by atoms with van der Waals surface area (Å²) in [5.74, 6) is 0. The van der Waals surface area contributed by atoms with Gasteiger partial charge in [-0.15, -0.1) is 24.8 Å². The first kappa shape index (κ1) is 21.5.